The molecule has 7 nitrogen and oxygen atoms in total. The number of sulfonamides is 1. The Bertz CT molecular complexity index is 811. The molecule has 0 aliphatic carbocycles. The van der Waals surface area contributed by atoms with E-state index in [2.05, 4.69) is 14.9 Å². The highest BCUT2D eigenvalue weighted by Crippen LogP contribution is 2.19. The van der Waals surface area contributed by atoms with Crippen molar-refractivity contribution < 1.29 is 22.3 Å². The predicted octanol–water partition coefficient (Wildman–Crippen LogP) is 2.67. The molecular formula is C21H34FN3O4S. The highest BCUT2D eigenvalue weighted by atomic mass is 32.2. The van der Waals surface area contributed by atoms with Crippen LogP contribution >= 0.6 is 0 Å². The fourth-order valence-corrected chi connectivity index (χ4v) is 4.11. The van der Waals surface area contributed by atoms with E-state index in [-0.39, 0.29) is 17.9 Å². The van der Waals surface area contributed by atoms with Gasteiger partial charge in [-0.3, -0.25) is 4.90 Å². The number of nitrogens with zero attached hydrogens (tertiary/aromatic N) is 1. The molecule has 30 heavy (non-hydrogen) atoms. The van der Waals surface area contributed by atoms with E-state index in [1.54, 1.807) is 39.0 Å². The Balaban J connectivity index is 2.01. The highest BCUT2D eigenvalue weighted by molar-refractivity contribution is 7.88. The zero-order valence-corrected chi connectivity index (χ0v) is 19.1. The lowest BCUT2D eigenvalue weighted by atomic mass is 10.0. The first-order valence-electron chi connectivity index (χ1n) is 10.3. The number of carbonyl (C=O) groups is 1. The van der Waals surface area contributed by atoms with Crippen molar-refractivity contribution in [1.82, 2.24) is 14.9 Å². The summed E-state index contributed by atoms with van der Waals surface area (Å²) < 4.78 is 44.9. The molecule has 0 spiro atoms. The number of likely N-dealkylation sites (tertiary alicyclic amines) is 1. The van der Waals surface area contributed by atoms with Crippen molar-refractivity contribution in [2.45, 2.75) is 64.1 Å². The second-order valence-electron chi connectivity index (χ2n) is 8.88. The first-order chi connectivity index (χ1) is 13.9. The Labute approximate surface area is 179 Å². The van der Waals surface area contributed by atoms with Gasteiger partial charge in [-0.25, -0.2) is 22.3 Å². The molecule has 1 aliphatic rings. The highest BCUT2D eigenvalue weighted by Gasteiger charge is 2.27. The van der Waals surface area contributed by atoms with Gasteiger partial charge < -0.3 is 10.1 Å². The molecule has 1 aromatic rings. The molecule has 0 bridgehead atoms. The van der Waals surface area contributed by atoms with Gasteiger partial charge in [-0.2, -0.15) is 0 Å². The Kier molecular flexibility index (Phi) is 8.63. The minimum atomic E-state index is -3.24. The van der Waals surface area contributed by atoms with Gasteiger partial charge in [0.25, 0.3) is 0 Å². The van der Waals surface area contributed by atoms with E-state index in [4.69, 9.17) is 4.74 Å². The molecule has 170 valence electrons. The third-order valence-corrected chi connectivity index (χ3v) is 5.68. The summed E-state index contributed by atoms with van der Waals surface area (Å²) in [5, 5.41) is 2.88. The number of halogens is 1. The molecular weight excluding hydrogens is 409 g/mol. The fraction of sp³-hybridized carbons (Fsp3) is 0.667. The summed E-state index contributed by atoms with van der Waals surface area (Å²) >= 11 is 0. The maximum atomic E-state index is 14.2. The van der Waals surface area contributed by atoms with Crippen molar-refractivity contribution in [3.63, 3.8) is 0 Å². The predicted molar refractivity (Wildman–Crippen MR) is 115 cm³/mol. The fourth-order valence-electron chi connectivity index (χ4n) is 3.62. The summed E-state index contributed by atoms with van der Waals surface area (Å²) in [6.07, 6.45) is 3.49. The summed E-state index contributed by atoms with van der Waals surface area (Å²) in [6, 6.07) is 6.35. The summed E-state index contributed by atoms with van der Waals surface area (Å²) in [7, 11) is -3.24. The second kappa shape index (κ2) is 10.5. The standard InChI is InChI=1S/C21H34FN3O4S/c1-21(2,3)29-20(26)24-17(14-16-8-5-6-10-19(16)22)11-13-25-12-7-9-18(25)15-23-30(4,27)28/h5-6,8,10,17-18,23H,7,9,11-15H2,1-4H3,(H,24,26)/t17-,18-/m0/s1. The first-order valence-corrected chi connectivity index (χ1v) is 12.2. The van der Waals surface area contributed by atoms with Gasteiger partial charge in [-0.05, 0) is 64.6 Å². The van der Waals surface area contributed by atoms with Crippen molar-refractivity contribution in [1.29, 1.82) is 0 Å². The van der Waals surface area contributed by atoms with Gasteiger partial charge in [-0.1, -0.05) is 18.2 Å². The van der Waals surface area contributed by atoms with Crippen molar-refractivity contribution in [3.05, 3.63) is 35.6 Å². The number of ether oxygens (including phenoxy) is 1. The number of benzene rings is 1. The molecule has 2 rings (SSSR count). The normalized spacial score (nSPS) is 18.9. The van der Waals surface area contributed by atoms with Gasteiger partial charge in [0.2, 0.25) is 10.0 Å². The number of carbonyl (C=O) groups excluding carboxylic acids is 1. The maximum absolute atomic E-state index is 14.2. The van der Waals surface area contributed by atoms with Crippen LogP contribution in [0.1, 0.15) is 45.6 Å². The molecule has 1 aliphatic heterocycles. The largest absolute Gasteiger partial charge is 0.444 e. The van der Waals surface area contributed by atoms with Crippen LogP contribution in [0.2, 0.25) is 0 Å². The van der Waals surface area contributed by atoms with Gasteiger partial charge in [-0.15, -0.1) is 0 Å². The Morgan fingerprint density at radius 2 is 2.03 bits per heavy atom. The Morgan fingerprint density at radius 3 is 2.67 bits per heavy atom. The number of alkyl carbamates (subject to hydrolysis) is 1. The van der Waals surface area contributed by atoms with E-state index >= 15 is 0 Å². The number of nitrogens with one attached hydrogen (secondary N) is 2. The van der Waals surface area contributed by atoms with Gasteiger partial charge >= 0.3 is 6.09 Å². The number of hydrogen-bond acceptors (Lipinski definition) is 5. The van der Waals surface area contributed by atoms with Crippen LogP contribution in [0.5, 0.6) is 0 Å². The van der Waals surface area contributed by atoms with Crippen LogP contribution < -0.4 is 10.0 Å². The summed E-state index contributed by atoms with van der Waals surface area (Å²) in [4.78, 5) is 14.5. The molecule has 0 aromatic heterocycles. The molecule has 0 saturated carbocycles. The smallest absolute Gasteiger partial charge is 0.407 e. The van der Waals surface area contributed by atoms with E-state index in [9.17, 15) is 17.6 Å². The van der Waals surface area contributed by atoms with Crippen molar-refractivity contribution >= 4 is 16.1 Å². The number of amides is 1. The average molecular weight is 444 g/mol. The van der Waals surface area contributed by atoms with Crippen LogP contribution in [0.15, 0.2) is 24.3 Å². The van der Waals surface area contributed by atoms with Crippen molar-refractivity contribution in [3.8, 4) is 0 Å². The number of hydrogen-bond donors (Lipinski definition) is 2. The van der Waals surface area contributed by atoms with Crippen molar-refractivity contribution in [2.24, 2.45) is 0 Å². The van der Waals surface area contributed by atoms with E-state index < -0.39 is 21.7 Å². The molecule has 1 aromatic carbocycles. The van der Waals surface area contributed by atoms with Crippen LogP contribution in [-0.4, -0.2) is 63.0 Å². The van der Waals surface area contributed by atoms with E-state index in [0.717, 1.165) is 25.6 Å². The van der Waals surface area contributed by atoms with Gasteiger partial charge in [0.1, 0.15) is 11.4 Å². The molecule has 0 unspecified atom stereocenters. The topological polar surface area (TPSA) is 87.7 Å². The quantitative estimate of drug-likeness (QED) is 0.613. The summed E-state index contributed by atoms with van der Waals surface area (Å²) in [5.41, 5.74) is -0.0837. The van der Waals surface area contributed by atoms with Gasteiger partial charge in [0, 0.05) is 25.2 Å². The molecule has 9 heteroatoms. The Hall–Kier alpha value is -1.71. The summed E-state index contributed by atoms with van der Waals surface area (Å²) in [5.74, 6) is -0.301. The molecule has 1 saturated heterocycles. The summed E-state index contributed by atoms with van der Waals surface area (Å²) in [6.45, 7) is 7.29. The average Bonchev–Trinajstić information content (AvgIpc) is 3.05. The first kappa shape index (κ1) is 24.6. The minimum Gasteiger partial charge on any atom is -0.444 e. The van der Waals surface area contributed by atoms with E-state index in [1.165, 1.54) is 6.07 Å². The molecule has 2 atom stereocenters. The molecule has 1 fully saturated rings. The monoisotopic (exact) mass is 443 g/mol. The van der Waals surface area contributed by atoms with Crippen LogP contribution in [0.3, 0.4) is 0 Å². The van der Waals surface area contributed by atoms with Gasteiger partial charge in [0.15, 0.2) is 0 Å². The lowest BCUT2D eigenvalue weighted by Crippen LogP contribution is -2.44. The van der Waals surface area contributed by atoms with Gasteiger partial charge in [0.05, 0.1) is 6.26 Å². The lowest BCUT2D eigenvalue weighted by Gasteiger charge is -2.28. The molecule has 1 amide bonds. The van der Waals surface area contributed by atoms with Crippen LogP contribution in [0.4, 0.5) is 9.18 Å². The van der Waals surface area contributed by atoms with E-state index in [0.29, 0.717) is 31.5 Å². The third kappa shape index (κ3) is 8.97. The lowest BCUT2D eigenvalue weighted by molar-refractivity contribution is 0.0497. The van der Waals surface area contributed by atoms with Crippen LogP contribution in [0, 0.1) is 5.82 Å². The molecule has 0 radical (unpaired) electrons. The number of rotatable bonds is 9. The zero-order chi connectivity index (χ0) is 22.4. The van der Waals surface area contributed by atoms with Crippen LogP contribution in [-0.2, 0) is 21.2 Å². The maximum Gasteiger partial charge on any atom is 0.407 e. The Morgan fingerprint density at radius 1 is 1.33 bits per heavy atom. The van der Waals surface area contributed by atoms with E-state index in [1.807, 2.05) is 0 Å². The zero-order valence-electron chi connectivity index (χ0n) is 18.3. The van der Waals surface area contributed by atoms with Crippen molar-refractivity contribution in [2.75, 3.05) is 25.9 Å². The molecule has 2 N–H and O–H groups in total. The second-order valence-corrected chi connectivity index (χ2v) is 10.7. The third-order valence-electron chi connectivity index (χ3n) is 4.99. The van der Waals surface area contributed by atoms with Crippen LogP contribution in [0.25, 0.3) is 0 Å². The molecule has 1 heterocycles. The minimum absolute atomic E-state index is 0.121. The SMILES string of the molecule is CC(C)(C)OC(=O)N[C@@H](CCN1CCC[C@H]1CNS(C)(=O)=O)Cc1ccccc1F.